The number of hydrogen-bond donors (Lipinski definition) is 1. The van der Waals surface area contributed by atoms with Crippen LogP contribution in [0.25, 0.3) is 0 Å². The summed E-state index contributed by atoms with van der Waals surface area (Å²) in [6.07, 6.45) is 0. The van der Waals surface area contributed by atoms with E-state index < -0.39 is 0 Å². The summed E-state index contributed by atoms with van der Waals surface area (Å²) in [6, 6.07) is 2.54. The third-order valence-electron chi connectivity index (χ3n) is 2.43. The van der Waals surface area contributed by atoms with Gasteiger partial charge in [0.25, 0.3) is 0 Å². The molecule has 1 aromatic heterocycles. The van der Waals surface area contributed by atoms with Gasteiger partial charge in [-0.3, -0.25) is 4.99 Å². The molecule has 2 heterocycles. The van der Waals surface area contributed by atoms with Crippen LogP contribution in [0.4, 0.5) is 0 Å². The second-order valence-corrected chi connectivity index (χ2v) is 5.77. The Morgan fingerprint density at radius 2 is 2.47 bits per heavy atom. The van der Waals surface area contributed by atoms with Crippen molar-refractivity contribution in [3.05, 3.63) is 22.4 Å². The van der Waals surface area contributed by atoms with E-state index >= 15 is 0 Å². The molecule has 2 unspecified atom stereocenters. The molecule has 0 amide bonds. The molecule has 0 aliphatic carbocycles. The lowest BCUT2D eigenvalue weighted by Gasteiger charge is -2.21. The number of rotatable bonds is 2. The molecule has 1 aliphatic heterocycles. The van der Waals surface area contributed by atoms with E-state index in [1.165, 1.54) is 11.3 Å². The van der Waals surface area contributed by atoms with Crippen molar-refractivity contribution in [2.75, 3.05) is 12.3 Å². The molecular formula is C11H16N2S2. The van der Waals surface area contributed by atoms with E-state index in [0.29, 0.717) is 6.04 Å². The van der Waals surface area contributed by atoms with Crippen molar-refractivity contribution >= 4 is 28.3 Å². The van der Waals surface area contributed by atoms with Gasteiger partial charge in [-0.1, -0.05) is 18.7 Å². The van der Waals surface area contributed by atoms with Crippen molar-refractivity contribution < 1.29 is 0 Å². The molecule has 0 aromatic carbocycles. The first-order valence-electron chi connectivity index (χ1n) is 5.21. The van der Waals surface area contributed by atoms with Gasteiger partial charge in [-0.2, -0.15) is 11.3 Å². The SMILES string of the molecule is CC1CN=C(NC(C)c2ccsc2)SC1. The zero-order chi connectivity index (χ0) is 10.7. The maximum Gasteiger partial charge on any atom is 0.157 e. The summed E-state index contributed by atoms with van der Waals surface area (Å²) < 4.78 is 0. The van der Waals surface area contributed by atoms with Gasteiger partial charge in [0.05, 0.1) is 6.04 Å². The lowest BCUT2D eigenvalue weighted by Crippen LogP contribution is -2.28. The van der Waals surface area contributed by atoms with E-state index in [1.807, 2.05) is 11.8 Å². The Kier molecular flexibility index (Phi) is 3.70. The molecule has 4 heteroatoms. The zero-order valence-corrected chi connectivity index (χ0v) is 10.7. The van der Waals surface area contributed by atoms with E-state index in [1.54, 1.807) is 11.3 Å². The van der Waals surface area contributed by atoms with Crippen LogP contribution in [0.1, 0.15) is 25.5 Å². The molecule has 2 nitrogen and oxygen atoms in total. The summed E-state index contributed by atoms with van der Waals surface area (Å²) in [4.78, 5) is 4.53. The van der Waals surface area contributed by atoms with Crippen LogP contribution in [0, 0.1) is 5.92 Å². The Morgan fingerprint density at radius 3 is 3.07 bits per heavy atom. The van der Waals surface area contributed by atoms with Crippen LogP contribution in [-0.4, -0.2) is 17.5 Å². The lowest BCUT2D eigenvalue weighted by molar-refractivity contribution is 0.659. The van der Waals surface area contributed by atoms with Gasteiger partial charge in [0.15, 0.2) is 5.17 Å². The van der Waals surface area contributed by atoms with Gasteiger partial charge in [-0.15, -0.1) is 0 Å². The molecule has 0 fully saturated rings. The van der Waals surface area contributed by atoms with E-state index in [-0.39, 0.29) is 0 Å². The number of amidine groups is 1. The average molecular weight is 240 g/mol. The summed E-state index contributed by atoms with van der Waals surface area (Å²) in [5.41, 5.74) is 1.35. The summed E-state index contributed by atoms with van der Waals surface area (Å²) in [5, 5.41) is 8.87. The molecule has 2 rings (SSSR count). The van der Waals surface area contributed by atoms with Crippen LogP contribution in [0.3, 0.4) is 0 Å². The van der Waals surface area contributed by atoms with Crippen LogP contribution >= 0.6 is 23.1 Å². The molecular weight excluding hydrogens is 224 g/mol. The largest absolute Gasteiger partial charge is 0.358 e. The second kappa shape index (κ2) is 5.03. The first-order valence-corrected chi connectivity index (χ1v) is 7.14. The minimum Gasteiger partial charge on any atom is -0.358 e. The molecule has 0 saturated heterocycles. The maximum atomic E-state index is 4.53. The Labute approximate surface area is 99.2 Å². The van der Waals surface area contributed by atoms with Crippen molar-refractivity contribution in [2.45, 2.75) is 19.9 Å². The molecule has 1 aliphatic rings. The highest BCUT2D eigenvalue weighted by Gasteiger charge is 2.14. The fraction of sp³-hybridized carbons (Fsp3) is 0.545. The summed E-state index contributed by atoms with van der Waals surface area (Å²) in [5.74, 6) is 1.90. The van der Waals surface area contributed by atoms with Crippen molar-refractivity contribution in [1.29, 1.82) is 0 Å². The third-order valence-corrected chi connectivity index (χ3v) is 4.39. The van der Waals surface area contributed by atoms with E-state index in [2.05, 4.69) is 41.0 Å². The highest BCUT2D eigenvalue weighted by molar-refractivity contribution is 8.13. The van der Waals surface area contributed by atoms with Gasteiger partial charge in [-0.25, -0.2) is 0 Å². The summed E-state index contributed by atoms with van der Waals surface area (Å²) in [6.45, 7) is 5.39. The molecule has 82 valence electrons. The summed E-state index contributed by atoms with van der Waals surface area (Å²) >= 11 is 3.58. The van der Waals surface area contributed by atoms with Crippen molar-refractivity contribution in [2.24, 2.45) is 10.9 Å². The molecule has 2 atom stereocenters. The van der Waals surface area contributed by atoms with Crippen LogP contribution in [0.5, 0.6) is 0 Å². The Balaban J connectivity index is 1.92. The van der Waals surface area contributed by atoms with Crippen molar-refractivity contribution in [3.8, 4) is 0 Å². The lowest BCUT2D eigenvalue weighted by atomic mass is 10.2. The van der Waals surface area contributed by atoms with Crippen LogP contribution in [0.15, 0.2) is 21.8 Å². The molecule has 15 heavy (non-hydrogen) atoms. The number of nitrogens with zero attached hydrogens (tertiary/aromatic N) is 1. The molecule has 0 saturated carbocycles. The maximum absolute atomic E-state index is 4.53. The van der Waals surface area contributed by atoms with Gasteiger partial charge in [0.2, 0.25) is 0 Å². The van der Waals surface area contributed by atoms with Crippen LogP contribution in [0.2, 0.25) is 0 Å². The van der Waals surface area contributed by atoms with E-state index in [9.17, 15) is 0 Å². The van der Waals surface area contributed by atoms with Crippen LogP contribution < -0.4 is 5.32 Å². The highest BCUT2D eigenvalue weighted by Crippen LogP contribution is 2.20. The minimum atomic E-state index is 0.371. The second-order valence-electron chi connectivity index (χ2n) is 3.98. The fourth-order valence-electron chi connectivity index (χ4n) is 1.44. The standard InChI is InChI=1S/C11H16N2S2/c1-8-5-12-11(15-6-8)13-9(2)10-3-4-14-7-10/h3-4,7-9H,5-6H2,1-2H3,(H,12,13). The minimum absolute atomic E-state index is 0.371. The predicted molar refractivity (Wildman–Crippen MR) is 69.8 cm³/mol. The first-order chi connectivity index (χ1) is 7.25. The average Bonchev–Trinajstić information content (AvgIpc) is 2.74. The Hall–Kier alpha value is -0.480. The first kappa shape index (κ1) is 11.0. The third kappa shape index (κ3) is 2.98. The zero-order valence-electron chi connectivity index (χ0n) is 9.06. The normalized spacial score (nSPS) is 23.3. The number of aliphatic imine (C=N–C) groups is 1. The molecule has 1 aromatic rings. The Morgan fingerprint density at radius 1 is 1.60 bits per heavy atom. The van der Waals surface area contributed by atoms with E-state index in [0.717, 1.165) is 17.6 Å². The van der Waals surface area contributed by atoms with E-state index in [4.69, 9.17) is 0 Å². The number of thioether (sulfide) groups is 1. The van der Waals surface area contributed by atoms with Gasteiger partial charge in [0.1, 0.15) is 0 Å². The molecule has 0 radical (unpaired) electrons. The quantitative estimate of drug-likeness (QED) is 0.859. The monoisotopic (exact) mass is 240 g/mol. The van der Waals surface area contributed by atoms with Crippen LogP contribution in [-0.2, 0) is 0 Å². The van der Waals surface area contributed by atoms with Gasteiger partial charge < -0.3 is 5.32 Å². The number of thiophene rings is 1. The van der Waals surface area contributed by atoms with Gasteiger partial charge in [0, 0.05) is 12.3 Å². The van der Waals surface area contributed by atoms with Gasteiger partial charge in [-0.05, 0) is 35.2 Å². The predicted octanol–water partition coefficient (Wildman–Crippen LogP) is 3.14. The molecule has 0 spiro atoms. The fourth-order valence-corrected chi connectivity index (χ4v) is 3.16. The molecule has 0 bridgehead atoms. The van der Waals surface area contributed by atoms with Gasteiger partial charge >= 0.3 is 0 Å². The topological polar surface area (TPSA) is 24.4 Å². The number of hydrogen-bond acceptors (Lipinski definition) is 4. The molecule has 1 N–H and O–H groups in total. The van der Waals surface area contributed by atoms with Crippen molar-refractivity contribution in [3.63, 3.8) is 0 Å². The number of nitrogens with one attached hydrogen (secondary N) is 1. The Bertz CT molecular complexity index is 332. The smallest absolute Gasteiger partial charge is 0.157 e. The van der Waals surface area contributed by atoms with Crippen molar-refractivity contribution in [1.82, 2.24) is 5.32 Å². The highest BCUT2D eigenvalue weighted by atomic mass is 32.2. The summed E-state index contributed by atoms with van der Waals surface area (Å²) in [7, 11) is 0.